The van der Waals surface area contributed by atoms with E-state index in [1.807, 2.05) is 13.8 Å². The fraction of sp³-hybridized carbons (Fsp3) is 0.429. The van der Waals surface area contributed by atoms with Crippen LogP contribution < -0.4 is 10.1 Å². The number of benzene rings is 1. The van der Waals surface area contributed by atoms with E-state index in [4.69, 9.17) is 9.84 Å². The summed E-state index contributed by atoms with van der Waals surface area (Å²) in [5.41, 5.74) is 1.41. The van der Waals surface area contributed by atoms with E-state index in [-0.39, 0.29) is 18.4 Å². The van der Waals surface area contributed by atoms with Crippen molar-refractivity contribution >= 4 is 11.9 Å². The zero-order valence-corrected chi connectivity index (χ0v) is 11.4. The normalized spacial score (nSPS) is 11.7. The molecule has 2 N–H and O–H groups in total. The van der Waals surface area contributed by atoms with Crippen LogP contribution in [0.15, 0.2) is 18.2 Å². The van der Waals surface area contributed by atoms with E-state index in [0.29, 0.717) is 17.7 Å². The Labute approximate surface area is 112 Å². The Bertz CT molecular complexity index is 471. The fourth-order valence-corrected chi connectivity index (χ4v) is 1.74. The molecular weight excluding hydrogens is 246 g/mol. The lowest BCUT2D eigenvalue weighted by molar-refractivity contribution is -0.137. The van der Waals surface area contributed by atoms with Crippen LogP contribution in [0.4, 0.5) is 0 Å². The third-order valence-corrected chi connectivity index (χ3v) is 2.92. The van der Waals surface area contributed by atoms with Gasteiger partial charge in [0.1, 0.15) is 5.75 Å². The first-order chi connectivity index (χ1) is 8.97. The molecule has 0 spiro atoms. The smallest absolute Gasteiger partial charge is 0.305 e. The maximum atomic E-state index is 12.0. The van der Waals surface area contributed by atoms with Gasteiger partial charge in [-0.15, -0.1) is 0 Å². The molecular formula is C14H19NO4. The van der Waals surface area contributed by atoms with Crippen LogP contribution in [0.5, 0.6) is 5.75 Å². The largest absolute Gasteiger partial charge is 0.496 e. The van der Waals surface area contributed by atoms with E-state index in [0.717, 1.165) is 5.56 Å². The summed E-state index contributed by atoms with van der Waals surface area (Å²) < 4.78 is 5.16. The van der Waals surface area contributed by atoms with Crippen LogP contribution in [0.2, 0.25) is 0 Å². The molecule has 0 radical (unpaired) electrons. The van der Waals surface area contributed by atoms with Gasteiger partial charge in [0.15, 0.2) is 0 Å². The second kappa shape index (κ2) is 6.78. The van der Waals surface area contributed by atoms with E-state index < -0.39 is 5.97 Å². The molecule has 1 rings (SSSR count). The number of aryl methyl sites for hydroxylation is 1. The molecule has 1 atom stereocenters. The molecule has 19 heavy (non-hydrogen) atoms. The van der Waals surface area contributed by atoms with Crippen LogP contribution in [0, 0.1) is 6.92 Å². The van der Waals surface area contributed by atoms with Crippen molar-refractivity contribution in [2.45, 2.75) is 32.7 Å². The molecule has 1 aromatic carbocycles. The number of rotatable bonds is 6. The number of aliphatic carboxylic acids is 1. The molecule has 0 saturated heterocycles. The number of carboxylic acid groups (broad SMARTS) is 1. The SMILES string of the molecule is CCC(CC(=O)O)NC(=O)c1ccc(C)c(OC)c1. The summed E-state index contributed by atoms with van der Waals surface area (Å²) in [6.45, 7) is 3.73. The number of carboxylic acids is 1. The van der Waals surface area contributed by atoms with Crippen molar-refractivity contribution in [2.75, 3.05) is 7.11 Å². The Kier molecular flexibility index (Phi) is 5.36. The quantitative estimate of drug-likeness (QED) is 0.824. The number of methoxy groups -OCH3 is 1. The number of hydrogen-bond donors (Lipinski definition) is 2. The Balaban J connectivity index is 2.79. The highest BCUT2D eigenvalue weighted by Crippen LogP contribution is 2.19. The number of ether oxygens (including phenoxy) is 1. The molecule has 0 aliphatic carbocycles. The van der Waals surface area contributed by atoms with Gasteiger partial charge in [0.25, 0.3) is 5.91 Å². The molecule has 0 saturated carbocycles. The standard InChI is InChI=1S/C14H19NO4/c1-4-11(8-13(16)17)15-14(18)10-6-5-9(2)12(7-10)19-3/h5-7,11H,4,8H2,1-3H3,(H,15,18)(H,16,17). The van der Waals surface area contributed by atoms with Gasteiger partial charge in [0.05, 0.1) is 13.5 Å². The third-order valence-electron chi connectivity index (χ3n) is 2.92. The molecule has 1 aromatic rings. The van der Waals surface area contributed by atoms with Crippen molar-refractivity contribution in [3.8, 4) is 5.75 Å². The van der Waals surface area contributed by atoms with Crippen LogP contribution in [0.3, 0.4) is 0 Å². The van der Waals surface area contributed by atoms with E-state index in [1.54, 1.807) is 25.3 Å². The van der Waals surface area contributed by atoms with Crippen molar-refractivity contribution in [1.29, 1.82) is 0 Å². The Morgan fingerprint density at radius 3 is 2.63 bits per heavy atom. The highest BCUT2D eigenvalue weighted by molar-refractivity contribution is 5.95. The third kappa shape index (κ3) is 4.28. The zero-order valence-electron chi connectivity index (χ0n) is 11.4. The van der Waals surface area contributed by atoms with Crippen LogP contribution in [-0.4, -0.2) is 30.1 Å². The molecule has 0 aromatic heterocycles. The number of amides is 1. The fourth-order valence-electron chi connectivity index (χ4n) is 1.74. The van der Waals surface area contributed by atoms with E-state index >= 15 is 0 Å². The molecule has 1 unspecified atom stereocenters. The van der Waals surface area contributed by atoms with Gasteiger partial charge in [-0.3, -0.25) is 9.59 Å². The molecule has 0 aliphatic rings. The predicted molar refractivity (Wildman–Crippen MR) is 71.5 cm³/mol. The summed E-state index contributed by atoms with van der Waals surface area (Å²) in [5, 5.41) is 11.5. The highest BCUT2D eigenvalue weighted by Gasteiger charge is 2.16. The minimum atomic E-state index is -0.923. The maximum Gasteiger partial charge on any atom is 0.305 e. The first-order valence-electron chi connectivity index (χ1n) is 6.15. The lowest BCUT2D eigenvalue weighted by Gasteiger charge is -2.15. The van der Waals surface area contributed by atoms with Crippen molar-refractivity contribution < 1.29 is 19.4 Å². The number of hydrogen-bond acceptors (Lipinski definition) is 3. The predicted octanol–water partition coefficient (Wildman–Crippen LogP) is 1.99. The molecule has 104 valence electrons. The summed E-state index contributed by atoms with van der Waals surface area (Å²) >= 11 is 0. The second-order valence-electron chi connectivity index (χ2n) is 4.36. The number of nitrogens with one attached hydrogen (secondary N) is 1. The van der Waals surface area contributed by atoms with Gasteiger partial charge in [0.2, 0.25) is 0 Å². The molecule has 5 heteroatoms. The van der Waals surface area contributed by atoms with Gasteiger partial charge in [-0.05, 0) is 31.0 Å². The minimum absolute atomic E-state index is 0.0781. The summed E-state index contributed by atoms with van der Waals surface area (Å²) in [7, 11) is 1.54. The second-order valence-corrected chi connectivity index (χ2v) is 4.36. The average molecular weight is 265 g/mol. The maximum absolute atomic E-state index is 12.0. The molecule has 1 amide bonds. The van der Waals surface area contributed by atoms with E-state index in [1.165, 1.54) is 0 Å². The van der Waals surface area contributed by atoms with Crippen LogP contribution >= 0.6 is 0 Å². The number of carbonyl (C=O) groups excluding carboxylic acids is 1. The van der Waals surface area contributed by atoms with Crippen molar-refractivity contribution in [2.24, 2.45) is 0 Å². The summed E-state index contributed by atoms with van der Waals surface area (Å²) in [4.78, 5) is 22.7. The van der Waals surface area contributed by atoms with Crippen LogP contribution in [0.25, 0.3) is 0 Å². The molecule has 0 aliphatic heterocycles. The van der Waals surface area contributed by atoms with Crippen molar-refractivity contribution in [3.05, 3.63) is 29.3 Å². The Morgan fingerprint density at radius 2 is 2.11 bits per heavy atom. The monoisotopic (exact) mass is 265 g/mol. The number of carbonyl (C=O) groups is 2. The molecule has 0 fully saturated rings. The summed E-state index contributed by atoms with van der Waals surface area (Å²) in [5.74, 6) is -0.570. The van der Waals surface area contributed by atoms with E-state index in [9.17, 15) is 9.59 Å². The lowest BCUT2D eigenvalue weighted by atomic mass is 10.1. The summed E-state index contributed by atoms with van der Waals surface area (Å²) in [6, 6.07) is 4.78. The first-order valence-corrected chi connectivity index (χ1v) is 6.15. The first kappa shape index (κ1) is 15.0. The van der Waals surface area contributed by atoms with Gasteiger partial charge in [-0.1, -0.05) is 13.0 Å². The highest BCUT2D eigenvalue weighted by atomic mass is 16.5. The molecule has 0 bridgehead atoms. The van der Waals surface area contributed by atoms with Gasteiger partial charge in [-0.2, -0.15) is 0 Å². The van der Waals surface area contributed by atoms with Crippen molar-refractivity contribution in [1.82, 2.24) is 5.32 Å². The van der Waals surface area contributed by atoms with Crippen molar-refractivity contribution in [3.63, 3.8) is 0 Å². The van der Waals surface area contributed by atoms with E-state index in [2.05, 4.69) is 5.32 Å². The zero-order chi connectivity index (χ0) is 14.4. The topological polar surface area (TPSA) is 75.6 Å². The molecule has 0 heterocycles. The summed E-state index contributed by atoms with van der Waals surface area (Å²) in [6.07, 6.45) is 0.492. The Hall–Kier alpha value is -2.04. The van der Waals surface area contributed by atoms with Crippen LogP contribution in [0.1, 0.15) is 35.7 Å². The van der Waals surface area contributed by atoms with Gasteiger partial charge < -0.3 is 15.2 Å². The lowest BCUT2D eigenvalue weighted by Crippen LogP contribution is -2.36. The Morgan fingerprint density at radius 1 is 1.42 bits per heavy atom. The van der Waals surface area contributed by atoms with Gasteiger partial charge >= 0.3 is 5.97 Å². The molecule has 5 nitrogen and oxygen atoms in total. The van der Waals surface area contributed by atoms with Crippen LogP contribution in [-0.2, 0) is 4.79 Å². The minimum Gasteiger partial charge on any atom is -0.496 e. The van der Waals surface area contributed by atoms with Gasteiger partial charge in [0, 0.05) is 11.6 Å². The van der Waals surface area contributed by atoms with Gasteiger partial charge in [-0.25, -0.2) is 0 Å². The average Bonchev–Trinajstić information content (AvgIpc) is 2.37.